The first kappa shape index (κ1) is 40.6. The first-order chi connectivity index (χ1) is 34.7. The maximum absolute atomic E-state index is 9.75. The highest BCUT2D eigenvalue weighted by molar-refractivity contribution is 6.14. The molecule has 0 amide bonds. The molecule has 0 aliphatic carbocycles. The second-order valence-corrected chi connectivity index (χ2v) is 17.5. The van der Waals surface area contributed by atoms with E-state index in [4.69, 9.17) is 15.0 Å². The maximum Gasteiger partial charge on any atom is 0.238 e. The maximum atomic E-state index is 9.75. The van der Waals surface area contributed by atoms with Crippen LogP contribution in [0, 0.1) is 11.3 Å². The lowest BCUT2D eigenvalue weighted by Crippen LogP contribution is -2.07. The third-order valence-electron chi connectivity index (χ3n) is 13.4. The fourth-order valence-corrected chi connectivity index (χ4v) is 10.2. The second-order valence-electron chi connectivity index (χ2n) is 17.5. The van der Waals surface area contributed by atoms with Gasteiger partial charge in [-0.2, -0.15) is 15.2 Å². The molecule has 13 aromatic rings. The van der Waals surface area contributed by atoms with E-state index in [0.29, 0.717) is 23.2 Å². The number of para-hydroxylation sites is 4. The van der Waals surface area contributed by atoms with Crippen molar-refractivity contribution in [3.8, 4) is 85.0 Å². The smallest absolute Gasteiger partial charge is 0.238 e. The lowest BCUT2D eigenvalue weighted by atomic mass is 9.95. The van der Waals surface area contributed by atoms with Crippen LogP contribution in [0.3, 0.4) is 0 Å². The van der Waals surface area contributed by atoms with Crippen molar-refractivity contribution in [3.63, 3.8) is 0 Å². The summed E-state index contributed by atoms with van der Waals surface area (Å²) < 4.78 is 4.57. The summed E-state index contributed by atoms with van der Waals surface area (Å²) >= 11 is 0. The molecule has 0 atom stereocenters. The molecular formula is C64H40N6. The van der Waals surface area contributed by atoms with Gasteiger partial charge in [-0.3, -0.25) is 4.57 Å². The minimum Gasteiger partial charge on any atom is -0.309 e. The molecule has 0 aliphatic heterocycles. The number of fused-ring (bicyclic) bond motifs is 6. The Kier molecular flexibility index (Phi) is 9.78. The van der Waals surface area contributed by atoms with Crippen LogP contribution >= 0.6 is 0 Å². The molecule has 3 heterocycles. The van der Waals surface area contributed by atoms with E-state index in [9.17, 15) is 5.26 Å². The zero-order valence-corrected chi connectivity index (χ0v) is 37.8. The third-order valence-corrected chi connectivity index (χ3v) is 13.4. The Hall–Kier alpha value is -9.70. The molecular weight excluding hydrogens is 853 g/mol. The fraction of sp³-hybridized carbons (Fsp3) is 0. The van der Waals surface area contributed by atoms with Crippen LogP contribution in [0.25, 0.3) is 123 Å². The molecule has 0 saturated carbocycles. The van der Waals surface area contributed by atoms with Crippen LogP contribution in [-0.4, -0.2) is 24.1 Å². The van der Waals surface area contributed by atoms with Crippen molar-refractivity contribution in [3.05, 3.63) is 248 Å². The van der Waals surface area contributed by atoms with Gasteiger partial charge >= 0.3 is 0 Å². The summed E-state index contributed by atoms with van der Waals surface area (Å²) in [5.74, 6) is 1.51. The summed E-state index contributed by atoms with van der Waals surface area (Å²) in [4.78, 5) is 16.0. The monoisotopic (exact) mass is 892 g/mol. The zero-order chi connectivity index (χ0) is 46.5. The van der Waals surface area contributed by atoms with Crippen LogP contribution in [0.15, 0.2) is 243 Å². The van der Waals surface area contributed by atoms with Crippen molar-refractivity contribution in [2.24, 2.45) is 0 Å². The molecule has 0 radical (unpaired) electrons. The molecule has 13 rings (SSSR count). The van der Waals surface area contributed by atoms with Crippen molar-refractivity contribution in [2.75, 3.05) is 0 Å². The highest BCUT2D eigenvalue weighted by Crippen LogP contribution is 2.41. The summed E-state index contributed by atoms with van der Waals surface area (Å²) in [6.45, 7) is 0. The molecule has 0 bridgehead atoms. The average molecular weight is 893 g/mol. The minimum atomic E-state index is 0.492. The van der Waals surface area contributed by atoms with Gasteiger partial charge in [0, 0.05) is 43.8 Å². The molecule has 326 valence electrons. The zero-order valence-electron chi connectivity index (χ0n) is 37.8. The van der Waals surface area contributed by atoms with Crippen LogP contribution in [-0.2, 0) is 0 Å². The van der Waals surface area contributed by atoms with Gasteiger partial charge in [-0.15, -0.1) is 0 Å². The van der Waals surface area contributed by atoms with E-state index in [1.807, 2.05) is 30.3 Å². The third kappa shape index (κ3) is 6.92. The van der Waals surface area contributed by atoms with Crippen LogP contribution in [0.2, 0.25) is 0 Å². The predicted molar refractivity (Wildman–Crippen MR) is 286 cm³/mol. The van der Waals surface area contributed by atoms with Gasteiger partial charge in [0.05, 0.1) is 39.4 Å². The van der Waals surface area contributed by atoms with Crippen molar-refractivity contribution >= 4 is 43.6 Å². The number of rotatable bonds is 8. The molecule has 6 heteroatoms. The quantitative estimate of drug-likeness (QED) is 0.152. The van der Waals surface area contributed by atoms with E-state index < -0.39 is 0 Å². The van der Waals surface area contributed by atoms with E-state index >= 15 is 0 Å². The Bertz CT molecular complexity index is 4130. The normalized spacial score (nSPS) is 11.4. The molecule has 0 aliphatic rings. The summed E-state index contributed by atoms with van der Waals surface area (Å²) in [6.07, 6.45) is 0. The summed E-state index contributed by atoms with van der Waals surface area (Å²) in [6, 6.07) is 87.1. The number of hydrogen-bond acceptors (Lipinski definition) is 4. The van der Waals surface area contributed by atoms with Crippen LogP contribution < -0.4 is 0 Å². The number of aromatic nitrogens is 5. The predicted octanol–water partition coefficient (Wildman–Crippen LogP) is 15.9. The first-order valence-corrected chi connectivity index (χ1v) is 23.4. The van der Waals surface area contributed by atoms with Gasteiger partial charge in [0.25, 0.3) is 0 Å². The number of benzene rings is 10. The molecule has 0 N–H and O–H groups in total. The van der Waals surface area contributed by atoms with Gasteiger partial charge in [0.1, 0.15) is 0 Å². The molecule has 0 saturated heterocycles. The fourth-order valence-electron chi connectivity index (χ4n) is 10.2. The lowest BCUT2D eigenvalue weighted by Gasteiger charge is -2.17. The molecule has 3 aromatic heterocycles. The van der Waals surface area contributed by atoms with Crippen molar-refractivity contribution in [1.82, 2.24) is 24.1 Å². The van der Waals surface area contributed by atoms with Gasteiger partial charge in [-0.25, -0.2) is 4.98 Å². The molecule has 10 aromatic carbocycles. The minimum absolute atomic E-state index is 0.492. The average Bonchev–Trinajstić information content (AvgIpc) is 3.97. The molecule has 0 spiro atoms. The number of nitrogens with zero attached hydrogens (tertiary/aromatic N) is 6. The first-order valence-electron chi connectivity index (χ1n) is 23.4. The van der Waals surface area contributed by atoms with Gasteiger partial charge in [0.15, 0.2) is 11.6 Å². The van der Waals surface area contributed by atoms with Crippen LogP contribution in [0.4, 0.5) is 0 Å². The summed E-state index contributed by atoms with van der Waals surface area (Å²) in [7, 11) is 0. The van der Waals surface area contributed by atoms with E-state index in [1.165, 1.54) is 21.9 Å². The highest BCUT2D eigenvalue weighted by Gasteiger charge is 2.22. The number of nitriles is 1. The highest BCUT2D eigenvalue weighted by atomic mass is 15.2. The Morgan fingerprint density at radius 3 is 1.43 bits per heavy atom. The SMILES string of the molecule is N#Cc1ccc(-c2nc(-c3ccc(-c4cccc(-c5cccc(-c6ccccc6)c5)c4)c(-n4c5ccccc5c5ccccc54)c3)nc(-n3c4ccccc4c4cccc(-c5ccccc5)c43)n2)cc1. The van der Waals surface area contributed by atoms with Crippen molar-refractivity contribution in [2.45, 2.75) is 0 Å². The Morgan fingerprint density at radius 1 is 0.314 bits per heavy atom. The van der Waals surface area contributed by atoms with E-state index in [1.54, 1.807) is 0 Å². The standard InChI is InChI=1S/C64H40N6/c65-41-42-32-34-45(35-33-42)62-66-63(68-64(67-62)70-59-31-12-9-26-55(59)56-28-15-27-52(61(56)70)44-18-5-2-6-19-44)50-36-37-51(60(40-50)69-57-29-10-7-24-53(57)54-25-8-11-30-58(54)69)49-23-14-22-48(39-49)47-21-13-20-46(38-47)43-16-3-1-4-17-43/h1-40H. The Labute approximate surface area is 404 Å². The van der Waals surface area contributed by atoms with Gasteiger partial charge in [-0.1, -0.05) is 182 Å². The molecule has 6 nitrogen and oxygen atoms in total. The summed E-state index contributed by atoms with van der Waals surface area (Å²) in [5.41, 5.74) is 16.3. The van der Waals surface area contributed by atoms with Crippen LogP contribution in [0.5, 0.6) is 0 Å². The second kappa shape index (κ2) is 16.9. The van der Waals surface area contributed by atoms with Gasteiger partial charge in [-0.05, 0) is 94.0 Å². The molecule has 70 heavy (non-hydrogen) atoms. The van der Waals surface area contributed by atoms with Crippen LogP contribution in [0.1, 0.15) is 5.56 Å². The molecule has 0 fully saturated rings. The van der Waals surface area contributed by atoms with E-state index in [-0.39, 0.29) is 0 Å². The van der Waals surface area contributed by atoms with Gasteiger partial charge < -0.3 is 4.57 Å². The summed E-state index contributed by atoms with van der Waals surface area (Å²) in [5, 5.41) is 14.3. The largest absolute Gasteiger partial charge is 0.309 e. The van der Waals surface area contributed by atoms with Crippen molar-refractivity contribution < 1.29 is 0 Å². The van der Waals surface area contributed by atoms with E-state index in [0.717, 1.165) is 83.0 Å². The van der Waals surface area contributed by atoms with Gasteiger partial charge in [0.2, 0.25) is 5.95 Å². The number of hydrogen-bond donors (Lipinski definition) is 0. The molecule has 0 unspecified atom stereocenters. The van der Waals surface area contributed by atoms with Crippen molar-refractivity contribution in [1.29, 1.82) is 5.26 Å². The lowest BCUT2D eigenvalue weighted by molar-refractivity contribution is 0.953. The Balaban J connectivity index is 1.06. The van der Waals surface area contributed by atoms with E-state index in [2.05, 4.69) is 228 Å². The Morgan fingerprint density at radius 2 is 0.786 bits per heavy atom. The topological polar surface area (TPSA) is 72.3 Å².